The van der Waals surface area contributed by atoms with Gasteiger partial charge in [-0.3, -0.25) is 0 Å². The summed E-state index contributed by atoms with van der Waals surface area (Å²) in [6.07, 6.45) is 0.691. The van der Waals surface area contributed by atoms with Crippen molar-refractivity contribution < 1.29 is 13.9 Å². The summed E-state index contributed by atoms with van der Waals surface area (Å²) in [6.45, 7) is 1.96. The van der Waals surface area contributed by atoms with Crippen LogP contribution in [0.3, 0.4) is 0 Å². The third-order valence-corrected chi connectivity index (χ3v) is 3.35. The summed E-state index contributed by atoms with van der Waals surface area (Å²) >= 11 is 0. The minimum absolute atomic E-state index is 0.211. The highest BCUT2D eigenvalue weighted by Gasteiger charge is 2.17. The first-order valence-electron chi connectivity index (χ1n) is 6.85. The average molecular weight is 287 g/mol. The topological polar surface area (TPSA) is 38.3 Å². The number of carbonyl (C=O) groups excluding carboxylic acids is 1. The maximum atomic E-state index is 13.9. The van der Waals surface area contributed by atoms with E-state index < -0.39 is 5.97 Å². The van der Waals surface area contributed by atoms with Gasteiger partial charge in [-0.25, -0.2) is 9.18 Å². The highest BCUT2D eigenvalue weighted by atomic mass is 19.1. The molecule has 0 amide bonds. The van der Waals surface area contributed by atoms with Crippen LogP contribution in [0, 0.1) is 5.82 Å². The number of esters is 1. The molecular weight excluding hydrogens is 269 g/mol. The molecule has 0 aliphatic heterocycles. The van der Waals surface area contributed by atoms with E-state index in [0.29, 0.717) is 23.2 Å². The molecule has 0 heterocycles. The van der Waals surface area contributed by atoms with Gasteiger partial charge in [0, 0.05) is 11.3 Å². The van der Waals surface area contributed by atoms with Crippen LogP contribution in [0.5, 0.6) is 0 Å². The molecule has 2 rings (SSSR count). The maximum absolute atomic E-state index is 13.9. The van der Waals surface area contributed by atoms with Gasteiger partial charge in [0.1, 0.15) is 5.82 Å². The van der Waals surface area contributed by atoms with Crippen LogP contribution < -0.4 is 5.32 Å². The number of halogens is 1. The number of rotatable bonds is 5. The van der Waals surface area contributed by atoms with Gasteiger partial charge < -0.3 is 10.1 Å². The number of methoxy groups -OCH3 is 1. The van der Waals surface area contributed by atoms with Crippen LogP contribution in [-0.2, 0) is 4.74 Å². The number of benzene rings is 2. The van der Waals surface area contributed by atoms with Gasteiger partial charge in [-0.05, 0) is 24.6 Å². The van der Waals surface area contributed by atoms with Crippen molar-refractivity contribution in [2.75, 3.05) is 12.4 Å². The van der Waals surface area contributed by atoms with Crippen molar-refractivity contribution in [2.24, 2.45) is 0 Å². The van der Waals surface area contributed by atoms with E-state index in [1.807, 2.05) is 13.0 Å². The molecule has 2 aromatic rings. The predicted molar refractivity (Wildman–Crippen MR) is 80.8 cm³/mol. The number of hydrogen-bond donors (Lipinski definition) is 1. The van der Waals surface area contributed by atoms with Crippen LogP contribution in [0.25, 0.3) is 0 Å². The third kappa shape index (κ3) is 3.40. The Bertz CT molecular complexity index is 628. The van der Waals surface area contributed by atoms with Gasteiger partial charge in [0.25, 0.3) is 0 Å². The molecule has 4 heteroatoms. The number of hydrogen-bond acceptors (Lipinski definition) is 3. The molecule has 0 aliphatic rings. The highest BCUT2D eigenvalue weighted by molar-refractivity contribution is 5.95. The van der Waals surface area contributed by atoms with E-state index in [2.05, 4.69) is 5.32 Å². The van der Waals surface area contributed by atoms with Crippen LogP contribution in [0.4, 0.5) is 10.1 Å². The zero-order valence-corrected chi connectivity index (χ0v) is 12.1. The van der Waals surface area contributed by atoms with Gasteiger partial charge in [0.2, 0.25) is 0 Å². The lowest BCUT2D eigenvalue weighted by molar-refractivity contribution is 0.0602. The van der Waals surface area contributed by atoms with Crippen molar-refractivity contribution in [3.05, 3.63) is 65.5 Å². The van der Waals surface area contributed by atoms with Crippen molar-refractivity contribution in [2.45, 2.75) is 19.4 Å². The summed E-state index contributed by atoms with van der Waals surface area (Å²) in [5, 5.41) is 3.23. The Kier molecular flexibility index (Phi) is 4.93. The van der Waals surface area contributed by atoms with E-state index in [0.717, 1.165) is 0 Å². The SMILES string of the molecule is CCC(Nc1ccccc1C(=O)OC)c1ccccc1F. The smallest absolute Gasteiger partial charge is 0.339 e. The van der Waals surface area contributed by atoms with Crippen LogP contribution in [0.2, 0.25) is 0 Å². The van der Waals surface area contributed by atoms with Crippen molar-refractivity contribution in [3.63, 3.8) is 0 Å². The third-order valence-electron chi connectivity index (χ3n) is 3.35. The first kappa shape index (κ1) is 15.0. The quantitative estimate of drug-likeness (QED) is 0.839. The van der Waals surface area contributed by atoms with Crippen molar-refractivity contribution >= 4 is 11.7 Å². The Morgan fingerprint density at radius 1 is 1.19 bits per heavy atom. The van der Waals surface area contributed by atoms with E-state index in [4.69, 9.17) is 4.74 Å². The first-order chi connectivity index (χ1) is 10.2. The summed E-state index contributed by atoms with van der Waals surface area (Å²) in [4.78, 5) is 11.8. The molecule has 0 saturated carbocycles. The molecular formula is C17H18FNO2. The molecule has 2 aromatic carbocycles. The number of carbonyl (C=O) groups is 1. The molecule has 21 heavy (non-hydrogen) atoms. The minimum Gasteiger partial charge on any atom is -0.465 e. The fourth-order valence-electron chi connectivity index (χ4n) is 2.24. The van der Waals surface area contributed by atoms with Crippen LogP contribution in [-0.4, -0.2) is 13.1 Å². The summed E-state index contributed by atoms with van der Waals surface area (Å²) in [6, 6.07) is 13.5. The number of nitrogens with one attached hydrogen (secondary N) is 1. The predicted octanol–water partition coefficient (Wildman–Crippen LogP) is 4.18. The molecule has 1 atom stereocenters. The number of ether oxygens (including phenoxy) is 1. The molecule has 1 unspecified atom stereocenters. The van der Waals surface area contributed by atoms with Crippen LogP contribution in [0.1, 0.15) is 35.3 Å². The van der Waals surface area contributed by atoms with Gasteiger partial charge in [0.15, 0.2) is 0 Å². The van der Waals surface area contributed by atoms with E-state index in [1.165, 1.54) is 13.2 Å². The lowest BCUT2D eigenvalue weighted by Gasteiger charge is -2.20. The van der Waals surface area contributed by atoms with Crippen LogP contribution >= 0.6 is 0 Å². The second-order valence-electron chi connectivity index (χ2n) is 4.66. The maximum Gasteiger partial charge on any atom is 0.339 e. The fourth-order valence-corrected chi connectivity index (χ4v) is 2.24. The molecule has 0 spiro atoms. The molecule has 0 radical (unpaired) electrons. The largest absolute Gasteiger partial charge is 0.465 e. The zero-order valence-electron chi connectivity index (χ0n) is 12.1. The van der Waals surface area contributed by atoms with Crippen molar-refractivity contribution in [1.82, 2.24) is 0 Å². The first-order valence-corrected chi connectivity index (χ1v) is 6.85. The summed E-state index contributed by atoms with van der Waals surface area (Å²) in [7, 11) is 1.34. The van der Waals surface area contributed by atoms with E-state index >= 15 is 0 Å². The molecule has 0 fully saturated rings. The van der Waals surface area contributed by atoms with E-state index in [-0.39, 0.29) is 11.9 Å². The Morgan fingerprint density at radius 2 is 1.86 bits per heavy atom. The van der Waals surface area contributed by atoms with Gasteiger partial charge in [-0.15, -0.1) is 0 Å². The molecule has 3 nitrogen and oxygen atoms in total. The number of para-hydroxylation sites is 1. The van der Waals surface area contributed by atoms with Crippen molar-refractivity contribution in [1.29, 1.82) is 0 Å². The van der Waals surface area contributed by atoms with Crippen LogP contribution in [0.15, 0.2) is 48.5 Å². The molecule has 0 aromatic heterocycles. The lowest BCUT2D eigenvalue weighted by atomic mass is 10.0. The molecule has 110 valence electrons. The Morgan fingerprint density at radius 3 is 2.52 bits per heavy atom. The Hall–Kier alpha value is -2.36. The molecule has 0 bridgehead atoms. The Balaban J connectivity index is 2.32. The summed E-state index contributed by atoms with van der Waals surface area (Å²) < 4.78 is 18.7. The lowest BCUT2D eigenvalue weighted by Crippen LogP contribution is -2.14. The van der Waals surface area contributed by atoms with Gasteiger partial charge in [0.05, 0.1) is 18.7 Å². The monoisotopic (exact) mass is 287 g/mol. The van der Waals surface area contributed by atoms with E-state index in [1.54, 1.807) is 36.4 Å². The summed E-state index contributed by atoms with van der Waals surface area (Å²) in [5.74, 6) is -0.672. The molecule has 0 aliphatic carbocycles. The second kappa shape index (κ2) is 6.88. The second-order valence-corrected chi connectivity index (χ2v) is 4.66. The average Bonchev–Trinajstić information content (AvgIpc) is 2.53. The minimum atomic E-state index is -0.415. The van der Waals surface area contributed by atoms with Crippen molar-refractivity contribution in [3.8, 4) is 0 Å². The zero-order chi connectivity index (χ0) is 15.2. The van der Waals surface area contributed by atoms with Gasteiger partial charge in [-0.1, -0.05) is 37.3 Å². The summed E-state index contributed by atoms with van der Waals surface area (Å²) in [5.41, 5.74) is 1.66. The normalized spacial score (nSPS) is 11.8. The van der Waals surface area contributed by atoms with Gasteiger partial charge >= 0.3 is 5.97 Å². The standard InChI is InChI=1S/C17H18FNO2/c1-3-15(12-8-4-6-10-14(12)18)19-16-11-7-5-9-13(16)17(20)21-2/h4-11,15,19H,3H2,1-2H3. The highest BCUT2D eigenvalue weighted by Crippen LogP contribution is 2.26. The molecule has 1 N–H and O–H groups in total. The Labute approximate surface area is 123 Å². The van der Waals surface area contributed by atoms with Gasteiger partial charge in [-0.2, -0.15) is 0 Å². The number of anilines is 1. The van der Waals surface area contributed by atoms with E-state index in [9.17, 15) is 9.18 Å². The molecule has 0 saturated heterocycles. The fraction of sp³-hybridized carbons (Fsp3) is 0.235.